The van der Waals surface area contributed by atoms with Crippen LogP contribution >= 0.6 is 0 Å². The molecule has 0 saturated carbocycles. The standard InChI is InChI=1S/C16H21N3O3/c1-11-3-5-13(6-4-11)16-19-18-15(22-16)8-7-14(21)17-10-9-12(2)20/h3-6,12,20H,7-10H2,1-2H3,(H,17,21). The predicted molar refractivity (Wildman–Crippen MR) is 82.1 cm³/mol. The van der Waals surface area contributed by atoms with Gasteiger partial charge < -0.3 is 14.8 Å². The van der Waals surface area contributed by atoms with E-state index in [4.69, 9.17) is 9.52 Å². The van der Waals surface area contributed by atoms with Crippen LogP contribution in [0.1, 0.15) is 31.2 Å². The minimum Gasteiger partial charge on any atom is -0.421 e. The SMILES string of the molecule is Cc1ccc(-c2nnc(CCC(=O)NCCC(C)O)o2)cc1. The fraction of sp³-hybridized carbons (Fsp3) is 0.438. The van der Waals surface area contributed by atoms with Gasteiger partial charge in [0.2, 0.25) is 17.7 Å². The van der Waals surface area contributed by atoms with Crippen molar-refractivity contribution in [1.82, 2.24) is 15.5 Å². The summed E-state index contributed by atoms with van der Waals surface area (Å²) in [4.78, 5) is 11.6. The highest BCUT2D eigenvalue weighted by molar-refractivity contribution is 5.75. The lowest BCUT2D eigenvalue weighted by Gasteiger charge is -2.05. The third kappa shape index (κ3) is 4.96. The van der Waals surface area contributed by atoms with Crippen LogP contribution in [-0.4, -0.2) is 33.9 Å². The Morgan fingerprint density at radius 2 is 2.05 bits per heavy atom. The van der Waals surface area contributed by atoms with E-state index in [2.05, 4.69) is 15.5 Å². The van der Waals surface area contributed by atoms with Crippen LogP contribution in [0, 0.1) is 6.92 Å². The van der Waals surface area contributed by atoms with Gasteiger partial charge in [-0.15, -0.1) is 10.2 Å². The number of aryl methyl sites for hydroxylation is 2. The molecule has 0 aliphatic rings. The molecule has 1 unspecified atom stereocenters. The second-order valence-corrected chi connectivity index (χ2v) is 5.35. The van der Waals surface area contributed by atoms with Gasteiger partial charge in [-0.2, -0.15) is 0 Å². The van der Waals surface area contributed by atoms with Crippen molar-refractivity contribution < 1.29 is 14.3 Å². The Morgan fingerprint density at radius 3 is 2.73 bits per heavy atom. The van der Waals surface area contributed by atoms with Crippen molar-refractivity contribution in [3.8, 4) is 11.5 Å². The first-order valence-corrected chi connectivity index (χ1v) is 7.39. The number of hydrogen-bond acceptors (Lipinski definition) is 5. The fourth-order valence-electron chi connectivity index (χ4n) is 1.90. The molecule has 2 N–H and O–H groups in total. The summed E-state index contributed by atoms with van der Waals surface area (Å²) in [5.41, 5.74) is 2.03. The van der Waals surface area contributed by atoms with Crippen molar-refractivity contribution in [1.29, 1.82) is 0 Å². The molecule has 0 aliphatic carbocycles. The van der Waals surface area contributed by atoms with Crippen molar-refractivity contribution in [3.05, 3.63) is 35.7 Å². The zero-order chi connectivity index (χ0) is 15.9. The number of carbonyl (C=O) groups is 1. The molecule has 0 fully saturated rings. The van der Waals surface area contributed by atoms with Gasteiger partial charge in [0, 0.05) is 24.9 Å². The molecule has 118 valence electrons. The summed E-state index contributed by atoms with van der Waals surface area (Å²) >= 11 is 0. The third-order valence-corrected chi connectivity index (χ3v) is 3.22. The van der Waals surface area contributed by atoms with Crippen LogP contribution in [0.15, 0.2) is 28.7 Å². The molecule has 1 heterocycles. The zero-order valence-electron chi connectivity index (χ0n) is 12.9. The molecule has 2 aromatic rings. The number of nitrogens with one attached hydrogen (secondary N) is 1. The van der Waals surface area contributed by atoms with Crippen LogP contribution in [0.3, 0.4) is 0 Å². The molecule has 0 radical (unpaired) electrons. The van der Waals surface area contributed by atoms with Gasteiger partial charge in [0.25, 0.3) is 0 Å². The maximum absolute atomic E-state index is 11.6. The first kappa shape index (κ1) is 16.2. The van der Waals surface area contributed by atoms with Crippen LogP contribution in [0.5, 0.6) is 0 Å². The van der Waals surface area contributed by atoms with Gasteiger partial charge in [-0.25, -0.2) is 0 Å². The van der Waals surface area contributed by atoms with Crippen molar-refractivity contribution in [2.75, 3.05) is 6.54 Å². The highest BCUT2D eigenvalue weighted by Crippen LogP contribution is 2.18. The predicted octanol–water partition coefficient (Wildman–Crippen LogP) is 1.86. The monoisotopic (exact) mass is 303 g/mol. The second kappa shape index (κ2) is 7.70. The van der Waals surface area contributed by atoms with Crippen LogP contribution < -0.4 is 5.32 Å². The Labute approximate surface area is 129 Å². The number of rotatable bonds is 7. The molecule has 0 aliphatic heterocycles. The largest absolute Gasteiger partial charge is 0.421 e. The van der Waals surface area contributed by atoms with E-state index in [-0.39, 0.29) is 12.3 Å². The van der Waals surface area contributed by atoms with E-state index in [1.165, 1.54) is 0 Å². The van der Waals surface area contributed by atoms with E-state index < -0.39 is 6.10 Å². The molecule has 0 spiro atoms. The Balaban J connectivity index is 1.82. The van der Waals surface area contributed by atoms with Crippen LogP contribution in [0.4, 0.5) is 0 Å². The summed E-state index contributed by atoms with van der Waals surface area (Å²) in [6.45, 7) is 4.17. The van der Waals surface area contributed by atoms with E-state index in [9.17, 15) is 4.79 Å². The Kier molecular flexibility index (Phi) is 5.66. The lowest BCUT2D eigenvalue weighted by Crippen LogP contribution is -2.26. The molecule has 0 bridgehead atoms. The Bertz CT molecular complexity index is 605. The number of benzene rings is 1. The molecular weight excluding hydrogens is 282 g/mol. The summed E-state index contributed by atoms with van der Waals surface area (Å²) in [5, 5.41) is 19.8. The number of aromatic nitrogens is 2. The molecule has 1 amide bonds. The lowest BCUT2D eigenvalue weighted by atomic mass is 10.1. The maximum atomic E-state index is 11.6. The fourth-order valence-corrected chi connectivity index (χ4v) is 1.90. The van der Waals surface area contributed by atoms with E-state index in [1.54, 1.807) is 6.92 Å². The summed E-state index contributed by atoms with van der Waals surface area (Å²) in [6, 6.07) is 7.81. The third-order valence-electron chi connectivity index (χ3n) is 3.22. The van der Waals surface area contributed by atoms with Gasteiger partial charge >= 0.3 is 0 Å². The zero-order valence-corrected chi connectivity index (χ0v) is 12.9. The van der Waals surface area contributed by atoms with Crippen molar-refractivity contribution in [2.45, 2.75) is 39.2 Å². The quantitative estimate of drug-likeness (QED) is 0.815. The summed E-state index contributed by atoms with van der Waals surface area (Å²) in [6.07, 6.45) is 0.826. The van der Waals surface area contributed by atoms with E-state index in [1.807, 2.05) is 31.2 Å². The average Bonchev–Trinajstić information content (AvgIpc) is 2.94. The smallest absolute Gasteiger partial charge is 0.247 e. The minimum atomic E-state index is -0.409. The number of aliphatic hydroxyl groups excluding tert-OH is 1. The van der Waals surface area contributed by atoms with Crippen molar-refractivity contribution >= 4 is 5.91 Å². The average molecular weight is 303 g/mol. The highest BCUT2D eigenvalue weighted by atomic mass is 16.4. The molecule has 6 heteroatoms. The van der Waals surface area contributed by atoms with Crippen molar-refractivity contribution in [2.24, 2.45) is 0 Å². The number of amides is 1. The van der Waals surface area contributed by atoms with Gasteiger partial charge in [-0.3, -0.25) is 4.79 Å². The first-order valence-electron chi connectivity index (χ1n) is 7.39. The normalized spacial score (nSPS) is 12.1. The molecule has 22 heavy (non-hydrogen) atoms. The maximum Gasteiger partial charge on any atom is 0.247 e. The topological polar surface area (TPSA) is 88.2 Å². The summed E-state index contributed by atoms with van der Waals surface area (Å²) in [7, 11) is 0. The molecule has 1 aromatic carbocycles. The molecule has 6 nitrogen and oxygen atoms in total. The number of carbonyl (C=O) groups excluding carboxylic acids is 1. The molecule has 2 rings (SSSR count). The number of aliphatic hydroxyl groups is 1. The van der Waals surface area contributed by atoms with Crippen LogP contribution in [-0.2, 0) is 11.2 Å². The molecule has 1 atom stereocenters. The van der Waals surface area contributed by atoms with Gasteiger partial charge in [0.1, 0.15) is 0 Å². The second-order valence-electron chi connectivity index (χ2n) is 5.35. The van der Waals surface area contributed by atoms with E-state index in [0.29, 0.717) is 31.2 Å². The van der Waals surface area contributed by atoms with Gasteiger partial charge in [-0.05, 0) is 32.4 Å². The first-order chi connectivity index (χ1) is 10.5. The number of hydrogen-bond donors (Lipinski definition) is 2. The van der Waals surface area contributed by atoms with Crippen molar-refractivity contribution in [3.63, 3.8) is 0 Å². The van der Waals surface area contributed by atoms with Gasteiger partial charge in [0.15, 0.2) is 0 Å². The van der Waals surface area contributed by atoms with Crippen LogP contribution in [0.2, 0.25) is 0 Å². The van der Waals surface area contributed by atoms with Gasteiger partial charge in [-0.1, -0.05) is 17.7 Å². The Morgan fingerprint density at radius 1 is 1.32 bits per heavy atom. The summed E-state index contributed by atoms with van der Waals surface area (Å²) < 4.78 is 5.56. The highest BCUT2D eigenvalue weighted by Gasteiger charge is 2.10. The van der Waals surface area contributed by atoms with Crippen LogP contribution in [0.25, 0.3) is 11.5 Å². The minimum absolute atomic E-state index is 0.0873. The van der Waals surface area contributed by atoms with E-state index in [0.717, 1.165) is 11.1 Å². The molecular formula is C16H21N3O3. The van der Waals surface area contributed by atoms with E-state index >= 15 is 0 Å². The van der Waals surface area contributed by atoms with Gasteiger partial charge in [0.05, 0.1) is 6.10 Å². The molecule has 0 saturated heterocycles. The number of nitrogens with zero attached hydrogens (tertiary/aromatic N) is 2. The lowest BCUT2D eigenvalue weighted by molar-refractivity contribution is -0.121. The summed E-state index contributed by atoms with van der Waals surface area (Å²) in [5.74, 6) is 0.821. The Hall–Kier alpha value is -2.21. The molecule has 1 aromatic heterocycles.